The van der Waals surface area contributed by atoms with Crippen molar-refractivity contribution in [1.29, 1.82) is 0 Å². The maximum absolute atomic E-state index is 5.83. The van der Waals surface area contributed by atoms with Crippen molar-refractivity contribution in [3.8, 4) is 5.75 Å². The van der Waals surface area contributed by atoms with Crippen molar-refractivity contribution in [2.45, 2.75) is 45.3 Å². The molecule has 1 aromatic rings. The predicted molar refractivity (Wildman–Crippen MR) is 77.8 cm³/mol. The lowest BCUT2D eigenvalue weighted by atomic mass is 9.95. The lowest BCUT2D eigenvalue weighted by molar-refractivity contribution is 0.0603. The molecule has 0 aromatic heterocycles. The average molecular weight is 263 g/mol. The minimum atomic E-state index is 0.195. The molecule has 106 valence electrons. The molecule has 2 atom stereocenters. The fourth-order valence-corrected chi connectivity index (χ4v) is 2.85. The number of likely N-dealkylation sites (N-methyl/N-ethyl adjacent to an activating group) is 1. The van der Waals surface area contributed by atoms with Gasteiger partial charge < -0.3 is 14.8 Å². The summed E-state index contributed by atoms with van der Waals surface area (Å²) in [5, 5.41) is 3.56. The zero-order chi connectivity index (χ0) is 13.7. The van der Waals surface area contributed by atoms with Crippen LogP contribution in [-0.2, 0) is 11.2 Å². The molecule has 2 unspecified atom stereocenters. The van der Waals surface area contributed by atoms with Gasteiger partial charge in [-0.05, 0) is 18.5 Å². The van der Waals surface area contributed by atoms with Crippen LogP contribution < -0.4 is 10.1 Å². The van der Waals surface area contributed by atoms with E-state index in [9.17, 15) is 0 Å². The lowest BCUT2D eigenvalue weighted by Crippen LogP contribution is -2.33. The Morgan fingerprint density at radius 3 is 2.89 bits per heavy atom. The molecule has 1 N–H and O–H groups in total. The summed E-state index contributed by atoms with van der Waals surface area (Å²) in [6, 6.07) is 6.67. The molecule has 0 radical (unpaired) electrons. The highest BCUT2D eigenvalue weighted by molar-refractivity contribution is 5.46. The molecule has 3 heteroatoms. The normalized spacial score (nSPS) is 16.8. The molecule has 0 spiro atoms. The maximum atomic E-state index is 5.83. The van der Waals surface area contributed by atoms with Crippen molar-refractivity contribution in [3.63, 3.8) is 0 Å². The van der Waals surface area contributed by atoms with Crippen molar-refractivity contribution in [3.05, 3.63) is 29.3 Å². The highest BCUT2D eigenvalue weighted by Gasteiger charge is 2.27. The van der Waals surface area contributed by atoms with Gasteiger partial charge in [-0.3, -0.25) is 0 Å². The van der Waals surface area contributed by atoms with E-state index in [-0.39, 0.29) is 12.1 Å². The first kappa shape index (κ1) is 14.4. The first-order valence-corrected chi connectivity index (χ1v) is 7.32. The van der Waals surface area contributed by atoms with Gasteiger partial charge in [-0.25, -0.2) is 0 Å². The van der Waals surface area contributed by atoms with Crippen LogP contribution in [0.3, 0.4) is 0 Å². The molecule has 1 aliphatic heterocycles. The molecule has 1 heterocycles. The molecule has 1 aliphatic rings. The van der Waals surface area contributed by atoms with Crippen LogP contribution in [0.25, 0.3) is 0 Å². The van der Waals surface area contributed by atoms with Crippen LogP contribution in [0.15, 0.2) is 18.2 Å². The number of nitrogens with one attached hydrogen (secondary N) is 1. The van der Waals surface area contributed by atoms with Crippen molar-refractivity contribution in [2.24, 2.45) is 0 Å². The van der Waals surface area contributed by atoms with E-state index in [0.29, 0.717) is 0 Å². The summed E-state index contributed by atoms with van der Waals surface area (Å²) in [6.07, 6.45) is 3.39. The van der Waals surface area contributed by atoms with Gasteiger partial charge in [0.1, 0.15) is 5.75 Å². The molecule has 2 rings (SSSR count). The van der Waals surface area contributed by atoms with Gasteiger partial charge in [0.15, 0.2) is 0 Å². The smallest absolute Gasteiger partial charge is 0.127 e. The molecular weight excluding hydrogens is 238 g/mol. The second kappa shape index (κ2) is 6.92. The molecule has 0 saturated carbocycles. The first-order chi connectivity index (χ1) is 9.31. The summed E-state index contributed by atoms with van der Waals surface area (Å²) < 4.78 is 11.5. The van der Waals surface area contributed by atoms with Gasteiger partial charge in [0.25, 0.3) is 0 Å². The molecule has 0 fully saturated rings. The topological polar surface area (TPSA) is 30.5 Å². The van der Waals surface area contributed by atoms with Gasteiger partial charge in [0.05, 0.1) is 18.8 Å². The summed E-state index contributed by atoms with van der Waals surface area (Å²) in [5.74, 6) is 1.08. The van der Waals surface area contributed by atoms with Crippen LogP contribution >= 0.6 is 0 Å². The minimum Gasteiger partial charge on any atom is -0.493 e. The third-order valence-electron chi connectivity index (χ3n) is 3.75. The fraction of sp³-hybridized carbons (Fsp3) is 0.625. The number of ether oxygens (including phenoxy) is 2. The number of para-hydroxylation sites is 1. The van der Waals surface area contributed by atoms with Gasteiger partial charge in [-0.1, -0.05) is 38.5 Å². The number of methoxy groups -OCH3 is 1. The number of hydrogen-bond donors (Lipinski definition) is 1. The van der Waals surface area contributed by atoms with Crippen molar-refractivity contribution >= 4 is 0 Å². The van der Waals surface area contributed by atoms with Crippen molar-refractivity contribution in [1.82, 2.24) is 5.32 Å². The highest BCUT2D eigenvalue weighted by atomic mass is 16.5. The molecular formula is C16H25NO2. The third kappa shape index (κ3) is 3.10. The Balaban J connectivity index is 2.30. The van der Waals surface area contributed by atoms with E-state index in [2.05, 4.69) is 37.4 Å². The summed E-state index contributed by atoms with van der Waals surface area (Å²) in [5.41, 5.74) is 2.57. The van der Waals surface area contributed by atoms with E-state index in [0.717, 1.165) is 38.2 Å². The molecule has 19 heavy (non-hydrogen) atoms. The second-order valence-electron chi connectivity index (χ2n) is 5.03. The highest BCUT2D eigenvalue weighted by Crippen LogP contribution is 2.36. The van der Waals surface area contributed by atoms with E-state index in [1.807, 2.05) is 0 Å². The van der Waals surface area contributed by atoms with E-state index in [1.54, 1.807) is 7.11 Å². The van der Waals surface area contributed by atoms with Gasteiger partial charge in [0, 0.05) is 19.1 Å². The van der Waals surface area contributed by atoms with E-state index in [4.69, 9.17) is 9.47 Å². The van der Waals surface area contributed by atoms with Gasteiger partial charge in [-0.2, -0.15) is 0 Å². The van der Waals surface area contributed by atoms with Crippen LogP contribution in [0.5, 0.6) is 5.75 Å². The Kier molecular flexibility index (Phi) is 5.23. The number of rotatable bonds is 7. The zero-order valence-electron chi connectivity index (χ0n) is 12.2. The first-order valence-electron chi connectivity index (χ1n) is 7.32. The quantitative estimate of drug-likeness (QED) is 0.820. The molecule has 0 bridgehead atoms. The molecule has 0 amide bonds. The summed E-state index contributed by atoms with van der Waals surface area (Å²) >= 11 is 0. The predicted octanol–water partition coefficient (Wildman–Crippen LogP) is 3.09. The monoisotopic (exact) mass is 263 g/mol. The number of benzene rings is 1. The second-order valence-corrected chi connectivity index (χ2v) is 5.03. The minimum absolute atomic E-state index is 0.195. The SMILES string of the molecule is CCCC(OC)C(NCC)c1cccc2c1OCC2. The van der Waals surface area contributed by atoms with Crippen LogP contribution in [-0.4, -0.2) is 26.4 Å². The van der Waals surface area contributed by atoms with Crippen LogP contribution in [0, 0.1) is 0 Å². The number of fused-ring (bicyclic) bond motifs is 1. The van der Waals surface area contributed by atoms with E-state index in [1.165, 1.54) is 11.1 Å². The molecule has 0 aliphatic carbocycles. The molecule has 3 nitrogen and oxygen atoms in total. The van der Waals surface area contributed by atoms with Gasteiger partial charge in [-0.15, -0.1) is 0 Å². The van der Waals surface area contributed by atoms with Crippen LogP contribution in [0.1, 0.15) is 43.9 Å². The summed E-state index contributed by atoms with van der Waals surface area (Å²) in [6.45, 7) is 6.06. The third-order valence-corrected chi connectivity index (χ3v) is 3.75. The Hall–Kier alpha value is -1.06. The van der Waals surface area contributed by atoms with E-state index < -0.39 is 0 Å². The van der Waals surface area contributed by atoms with Crippen molar-refractivity contribution in [2.75, 3.05) is 20.3 Å². The fourth-order valence-electron chi connectivity index (χ4n) is 2.85. The lowest BCUT2D eigenvalue weighted by Gasteiger charge is -2.28. The maximum Gasteiger partial charge on any atom is 0.127 e. The Bertz CT molecular complexity index is 406. The largest absolute Gasteiger partial charge is 0.493 e. The standard InChI is InChI=1S/C16H25NO2/c1-4-7-14(18-3)15(17-5-2)13-9-6-8-12-10-11-19-16(12)13/h6,8-9,14-15,17H,4-5,7,10-11H2,1-3H3. The average Bonchev–Trinajstić information content (AvgIpc) is 2.91. The molecule has 1 aromatic carbocycles. The van der Waals surface area contributed by atoms with E-state index >= 15 is 0 Å². The Morgan fingerprint density at radius 1 is 1.37 bits per heavy atom. The number of hydrogen-bond acceptors (Lipinski definition) is 3. The van der Waals surface area contributed by atoms with Crippen LogP contribution in [0.2, 0.25) is 0 Å². The zero-order valence-corrected chi connectivity index (χ0v) is 12.2. The van der Waals surface area contributed by atoms with Crippen molar-refractivity contribution < 1.29 is 9.47 Å². The Labute approximate surface area is 116 Å². The van der Waals surface area contributed by atoms with Gasteiger partial charge in [0.2, 0.25) is 0 Å². The van der Waals surface area contributed by atoms with Gasteiger partial charge >= 0.3 is 0 Å². The van der Waals surface area contributed by atoms with Crippen LogP contribution in [0.4, 0.5) is 0 Å². The summed E-state index contributed by atoms with van der Waals surface area (Å²) in [7, 11) is 1.80. The molecule has 0 saturated heterocycles. The Morgan fingerprint density at radius 2 is 2.21 bits per heavy atom. The summed E-state index contributed by atoms with van der Waals surface area (Å²) in [4.78, 5) is 0.